The molecule has 116 valence electrons. The molecule has 1 N–H and O–H groups in total. The molecule has 1 saturated heterocycles. The Kier molecular flexibility index (Phi) is 3.91. The van der Waals surface area contributed by atoms with Gasteiger partial charge in [-0.05, 0) is 56.8 Å². The van der Waals surface area contributed by atoms with Gasteiger partial charge in [-0.25, -0.2) is 0 Å². The largest absolute Gasteiger partial charge is 0.352 e. The summed E-state index contributed by atoms with van der Waals surface area (Å²) < 4.78 is 2.35. The highest BCUT2D eigenvalue weighted by Gasteiger charge is 2.39. The molecule has 0 saturated carbocycles. The van der Waals surface area contributed by atoms with Gasteiger partial charge in [0.05, 0.1) is 17.8 Å². The first-order chi connectivity index (χ1) is 10.5. The SMILES string of the molecule is CCn1c(C)cc(C2C(c3ccccn3)NC(=S)N2C)c1C. The van der Waals surface area contributed by atoms with Gasteiger partial charge in [0.1, 0.15) is 0 Å². The highest BCUT2D eigenvalue weighted by atomic mass is 32.1. The predicted molar refractivity (Wildman–Crippen MR) is 92.8 cm³/mol. The minimum absolute atomic E-state index is 0.0875. The molecule has 0 bridgehead atoms. The first kappa shape index (κ1) is 15.0. The van der Waals surface area contributed by atoms with Crippen LogP contribution < -0.4 is 5.32 Å². The molecular weight excluding hydrogens is 292 g/mol. The quantitative estimate of drug-likeness (QED) is 0.883. The van der Waals surface area contributed by atoms with Crippen LogP contribution in [0, 0.1) is 13.8 Å². The fourth-order valence-electron chi connectivity index (χ4n) is 3.46. The second-order valence-electron chi connectivity index (χ2n) is 5.81. The lowest BCUT2D eigenvalue weighted by Crippen LogP contribution is -2.25. The molecule has 1 fully saturated rings. The third kappa shape index (κ3) is 2.29. The number of nitrogens with one attached hydrogen (secondary N) is 1. The van der Waals surface area contributed by atoms with Crippen molar-refractivity contribution in [3.63, 3.8) is 0 Å². The fraction of sp³-hybridized carbons (Fsp3) is 0.412. The maximum atomic E-state index is 5.49. The Morgan fingerprint density at radius 2 is 2.09 bits per heavy atom. The molecule has 22 heavy (non-hydrogen) atoms. The van der Waals surface area contributed by atoms with Crippen LogP contribution in [-0.2, 0) is 6.54 Å². The Labute approximate surface area is 137 Å². The van der Waals surface area contributed by atoms with Crippen LogP contribution in [0.15, 0.2) is 30.5 Å². The highest BCUT2D eigenvalue weighted by molar-refractivity contribution is 7.80. The number of aromatic nitrogens is 2. The number of thiocarbonyl (C=S) groups is 1. The van der Waals surface area contributed by atoms with Crippen LogP contribution in [0.1, 0.15) is 41.7 Å². The number of aryl methyl sites for hydroxylation is 1. The molecule has 2 aromatic rings. The van der Waals surface area contributed by atoms with E-state index in [1.807, 2.05) is 18.3 Å². The molecule has 0 amide bonds. The normalized spacial score (nSPS) is 21.3. The van der Waals surface area contributed by atoms with E-state index in [0.29, 0.717) is 0 Å². The molecule has 1 aliphatic heterocycles. The summed E-state index contributed by atoms with van der Waals surface area (Å²) >= 11 is 5.49. The van der Waals surface area contributed by atoms with Crippen molar-refractivity contribution in [2.24, 2.45) is 0 Å². The van der Waals surface area contributed by atoms with Crippen molar-refractivity contribution >= 4 is 17.3 Å². The molecule has 2 atom stereocenters. The van der Waals surface area contributed by atoms with Gasteiger partial charge in [-0.2, -0.15) is 0 Å². The summed E-state index contributed by atoms with van der Waals surface area (Å²) in [6.07, 6.45) is 1.84. The Hall–Kier alpha value is -1.88. The molecule has 2 unspecified atom stereocenters. The molecule has 3 rings (SSSR count). The zero-order chi connectivity index (χ0) is 15.9. The van der Waals surface area contributed by atoms with Crippen LogP contribution >= 0.6 is 12.2 Å². The van der Waals surface area contributed by atoms with Crippen molar-refractivity contribution in [3.05, 3.63) is 53.1 Å². The molecule has 5 heteroatoms. The van der Waals surface area contributed by atoms with Crippen molar-refractivity contribution < 1.29 is 0 Å². The van der Waals surface area contributed by atoms with Gasteiger partial charge in [-0.1, -0.05) is 6.07 Å². The van der Waals surface area contributed by atoms with Gasteiger partial charge in [0.15, 0.2) is 5.11 Å². The molecule has 0 radical (unpaired) electrons. The van der Waals surface area contributed by atoms with Crippen LogP contribution in [0.2, 0.25) is 0 Å². The number of nitrogens with zero attached hydrogens (tertiary/aromatic N) is 3. The van der Waals surface area contributed by atoms with E-state index in [0.717, 1.165) is 17.4 Å². The topological polar surface area (TPSA) is 33.1 Å². The monoisotopic (exact) mass is 314 g/mol. The summed E-state index contributed by atoms with van der Waals surface area (Å²) in [4.78, 5) is 6.68. The first-order valence-corrected chi connectivity index (χ1v) is 8.06. The summed E-state index contributed by atoms with van der Waals surface area (Å²) in [6, 6.07) is 8.58. The van der Waals surface area contributed by atoms with E-state index < -0.39 is 0 Å². The smallest absolute Gasteiger partial charge is 0.169 e. The van der Waals surface area contributed by atoms with Crippen LogP contribution in [0.5, 0.6) is 0 Å². The number of hydrogen-bond acceptors (Lipinski definition) is 2. The van der Waals surface area contributed by atoms with Crippen LogP contribution in [-0.4, -0.2) is 26.6 Å². The first-order valence-electron chi connectivity index (χ1n) is 7.65. The van der Waals surface area contributed by atoms with Gasteiger partial charge in [0.2, 0.25) is 0 Å². The Morgan fingerprint density at radius 1 is 1.32 bits per heavy atom. The minimum atomic E-state index is 0.0875. The second-order valence-corrected chi connectivity index (χ2v) is 6.19. The van der Waals surface area contributed by atoms with E-state index in [4.69, 9.17) is 12.2 Å². The minimum Gasteiger partial charge on any atom is -0.352 e. The van der Waals surface area contributed by atoms with Crippen LogP contribution in [0.3, 0.4) is 0 Å². The van der Waals surface area contributed by atoms with Crippen molar-refractivity contribution in [2.75, 3.05) is 7.05 Å². The predicted octanol–water partition coefficient (Wildman–Crippen LogP) is 3.12. The van der Waals surface area contributed by atoms with Gasteiger partial charge < -0.3 is 14.8 Å². The molecule has 0 spiro atoms. The van der Waals surface area contributed by atoms with Crippen LogP contribution in [0.4, 0.5) is 0 Å². The van der Waals surface area contributed by atoms with E-state index in [1.165, 1.54) is 17.0 Å². The molecule has 0 aliphatic carbocycles. The average Bonchev–Trinajstić information content (AvgIpc) is 2.97. The Morgan fingerprint density at radius 3 is 2.68 bits per heavy atom. The van der Waals surface area contributed by atoms with Crippen LogP contribution in [0.25, 0.3) is 0 Å². The zero-order valence-corrected chi connectivity index (χ0v) is 14.3. The molecular formula is C17H22N4S. The molecule has 2 aromatic heterocycles. The third-order valence-corrected chi connectivity index (χ3v) is 4.99. The van der Waals surface area contributed by atoms with Crippen molar-refractivity contribution in [1.29, 1.82) is 0 Å². The maximum Gasteiger partial charge on any atom is 0.169 e. The molecule has 1 aliphatic rings. The summed E-state index contributed by atoms with van der Waals surface area (Å²) in [5.74, 6) is 0. The van der Waals surface area contributed by atoms with Gasteiger partial charge in [-0.3, -0.25) is 4.98 Å². The number of rotatable bonds is 3. The standard InChI is InChI=1S/C17H22N4S/c1-5-21-11(2)10-13(12(21)3)16-15(19-17(22)20(16)4)14-8-6-7-9-18-14/h6-10,15-16H,5H2,1-4H3,(H,19,22). The van der Waals surface area contributed by atoms with E-state index in [9.17, 15) is 0 Å². The number of likely N-dealkylation sites (N-methyl/N-ethyl adjacent to an activating group) is 1. The van der Waals surface area contributed by atoms with Gasteiger partial charge in [0.25, 0.3) is 0 Å². The zero-order valence-electron chi connectivity index (χ0n) is 13.5. The summed E-state index contributed by atoms with van der Waals surface area (Å²) in [5, 5.41) is 4.21. The number of hydrogen-bond donors (Lipinski definition) is 1. The average molecular weight is 314 g/mol. The lowest BCUT2D eigenvalue weighted by molar-refractivity contribution is 0.366. The lowest BCUT2D eigenvalue weighted by Gasteiger charge is -2.24. The summed E-state index contributed by atoms with van der Waals surface area (Å²) in [6.45, 7) is 7.52. The number of pyridine rings is 1. The lowest BCUT2D eigenvalue weighted by atomic mass is 9.97. The van der Waals surface area contributed by atoms with Gasteiger partial charge in [0, 0.05) is 31.2 Å². The maximum absolute atomic E-state index is 5.49. The van der Waals surface area contributed by atoms with E-state index in [-0.39, 0.29) is 12.1 Å². The Bertz CT molecular complexity index is 692. The Balaban J connectivity index is 2.08. The van der Waals surface area contributed by atoms with Crippen molar-refractivity contribution in [2.45, 2.75) is 39.4 Å². The highest BCUT2D eigenvalue weighted by Crippen LogP contribution is 2.39. The van der Waals surface area contributed by atoms with E-state index >= 15 is 0 Å². The summed E-state index contributed by atoms with van der Waals surface area (Å²) in [5.41, 5.74) is 4.95. The van der Waals surface area contributed by atoms with E-state index in [2.05, 4.69) is 59.7 Å². The second kappa shape index (κ2) is 5.72. The van der Waals surface area contributed by atoms with Crippen molar-refractivity contribution in [3.8, 4) is 0 Å². The molecule has 4 nitrogen and oxygen atoms in total. The van der Waals surface area contributed by atoms with Gasteiger partial charge in [-0.15, -0.1) is 0 Å². The molecule has 3 heterocycles. The third-order valence-electron chi connectivity index (χ3n) is 4.59. The fourth-order valence-corrected chi connectivity index (χ4v) is 3.70. The van der Waals surface area contributed by atoms with Gasteiger partial charge >= 0.3 is 0 Å². The van der Waals surface area contributed by atoms with E-state index in [1.54, 1.807) is 0 Å². The molecule has 0 aromatic carbocycles. The van der Waals surface area contributed by atoms with Crippen molar-refractivity contribution in [1.82, 2.24) is 19.8 Å². The summed E-state index contributed by atoms with van der Waals surface area (Å²) in [7, 11) is 2.06.